The molecule has 1 saturated heterocycles. The van der Waals surface area contributed by atoms with Crippen LogP contribution in [0.25, 0.3) is 0 Å². The highest BCUT2D eigenvalue weighted by molar-refractivity contribution is 5.52. The summed E-state index contributed by atoms with van der Waals surface area (Å²) in [6, 6.07) is 9.15. The number of anilines is 2. The highest BCUT2D eigenvalue weighted by Gasteiger charge is 2.21. The number of aromatic nitrogens is 2. The molecular weight excluding hydrogens is 310 g/mol. The summed E-state index contributed by atoms with van der Waals surface area (Å²) in [6.07, 6.45) is 3.47. The number of fused-ring (bicyclic) bond motifs is 1. The standard InChI is InChI=1S/C20H27N5/c1-14-15(2)22-20(24-19(14)23-18-8-5-10-21-12-18)25-11-9-16-6-3-4-7-17(16)13-25/h3-4,6-7,18,21H,5,8-13H2,1-2H3,(H,22,23,24). The molecule has 0 radical (unpaired) electrons. The van der Waals surface area contributed by atoms with Gasteiger partial charge in [0, 0.05) is 36.9 Å². The molecule has 1 unspecified atom stereocenters. The van der Waals surface area contributed by atoms with Gasteiger partial charge in [0.25, 0.3) is 0 Å². The SMILES string of the molecule is Cc1nc(N2CCc3ccccc3C2)nc(NC2CCCNC2)c1C. The lowest BCUT2D eigenvalue weighted by Gasteiger charge is -2.30. The van der Waals surface area contributed by atoms with Crippen molar-refractivity contribution in [2.75, 3.05) is 29.9 Å². The number of hydrogen-bond donors (Lipinski definition) is 2. The average molecular weight is 337 g/mol. The van der Waals surface area contributed by atoms with Crippen LogP contribution in [0.4, 0.5) is 11.8 Å². The lowest BCUT2D eigenvalue weighted by Crippen LogP contribution is -2.39. The van der Waals surface area contributed by atoms with Crippen molar-refractivity contribution in [3.63, 3.8) is 0 Å². The third-order valence-corrected chi connectivity index (χ3v) is 5.43. The van der Waals surface area contributed by atoms with Crippen molar-refractivity contribution in [3.8, 4) is 0 Å². The Bertz CT molecular complexity index is 752. The monoisotopic (exact) mass is 337 g/mol. The van der Waals surface area contributed by atoms with Crippen LogP contribution in [0.5, 0.6) is 0 Å². The van der Waals surface area contributed by atoms with Crippen LogP contribution in [0.2, 0.25) is 0 Å². The number of nitrogens with zero attached hydrogens (tertiary/aromatic N) is 3. The second-order valence-corrected chi connectivity index (χ2v) is 7.21. The highest BCUT2D eigenvalue weighted by atomic mass is 15.3. The van der Waals surface area contributed by atoms with Gasteiger partial charge >= 0.3 is 0 Å². The average Bonchev–Trinajstić information content (AvgIpc) is 2.65. The molecule has 2 aliphatic heterocycles. The molecule has 0 amide bonds. The van der Waals surface area contributed by atoms with Gasteiger partial charge in [-0.2, -0.15) is 4.98 Å². The molecule has 5 nitrogen and oxygen atoms in total. The Balaban J connectivity index is 1.58. The van der Waals surface area contributed by atoms with Crippen LogP contribution in [0.3, 0.4) is 0 Å². The molecule has 1 aromatic heterocycles. The summed E-state index contributed by atoms with van der Waals surface area (Å²) in [5, 5.41) is 7.11. The van der Waals surface area contributed by atoms with Gasteiger partial charge in [-0.1, -0.05) is 24.3 Å². The fraction of sp³-hybridized carbons (Fsp3) is 0.500. The second kappa shape index (κ2) is 7.00. The van der Waals surface area contributed by atoms with E-state index < -0.39 is 0 Å². The fourth-order valence-corrected chi connectivity index (χ4v) is 3.73. The largest absolute Gasteiger partial charge is 0.366 e. The summed E-state index contributed by atoms with van der Waals surface area (Å²) in [5.41, 5.74) is 5.07. The number of piperidine rings is 1. The molecule has 1 atom stereocenters. The normalized spacial score (nSPS) is 20.2. The van der Waals surface area contributed by atoms with E-state index >= 15 is 0 Å². The summed E-state index contributed by atoms with van der Waals surface area (Å²) < 4.78 is 0. The topological polar surface area (TPSA) is 53.1 Å². The van der Waals surface area contributed by atoms with Gasteiger partial charge in [-0.25, -0.2) is 4.98 Å². The first-order chi connectivity index (χ1) is 12.2. The zero-order chi connectivity index (χ0) is 17.2. The maximum Gasteiger partial charge on any atom is 0.227 e. The number of nitrogens with one attached hydrogen (secondary N) is 2. The molecule has 2 N–H and O–H groups in total. The molecule has 0 bridgehead atoms. The first kappa shape index (κ1) is 16.3. The van der Waals surface area contributed by atoms with E-state index in [1.54, 1.807) is 0 Å². The van der Waals surface area contributed by atoms with Gasteiger partial charge in [-0.3, -0.25) is 0 Å². The maximum atomic E-state index is 4.90. The first-order valence-corrected chi connectivity index (χ1v) is 9.35. The van der Waals surface area contributed by atoms with Gasteiger partial charge in [-0.15, -0.1) is 0 Å². The number of rotatable bonds is 3. The van der Waals surface area contributed by atoms with E-state index in [4.69, 9.17) is 9.97 Å². The van der Waals surface area contributed by atoms with Crippen molar-refractivity contribution in [1.29, 1.82) is 0 Å². The van der Waals surface area contributed by atoms with Gasteiger partial charge in [0.05, 0.1) is 0 Å². The van der Waals surface area contributed by atoms with Crippen LogP contribution in [0.1, 0.15) is 35.2 Å². The molecule has 2 aromatic rings. The lowest BCUT2D eigenvalue weighted by molar-refractivity contribution is 0.478. The first-order valence-electron chi connectivity index (χ1n) is 9.35. The molecule has 5 heteroatoms. The molecule has 1 aromatic carbocycles. The van der Waals surface area contributed by atoms with Crippen LogP contribution in [-0.4, -0.2) is 35.6 Å². The summed E-state index contributed by atoms with van der Waals surface area (Å²) in [7, 11) is 0. The second-order valence-electron chi connectivity index (χ2n) is 7.21. The fourth-order valence-electron chi connectivity index (χ4n) is 3.73. The van der Waals surface area contributed by atoms with Crippen molar-refractivity contribution >= 4 is 11.8 Å². The molecule has 0 spiro atoms. The molecule has 132 valence electrons. The summed E-state index contributed by atoms with van der Waals surface area (Å²) in [4.78, 5) is 12.0. The van der Waals surface area contributed by atoms with Crippen LogP contribution >= 0.6 is 0 Å². The van der Waals surface area contributed by atoms with E-state index in [1.165, 1.54) is 24.0 Å². The van der Waals surface area contributed by atoms with Gasteiger partial charge in [0.15, 0.2) is 0 Å². The van der Waals surface area contributed by atoms with Crippen molar-refractivity contribution in [1.82, 2.24) is 15.3 Å². The van der Waals surface area contributed by atoms with E-state index in [1.807, 2.05) is 0 Å². The van der Waals surface area contributed by atoms with Crippen LogP contribution in [-0.2, 0) is 13.0 Å². The van der Waals surface area contributed by atoms with E-state index in [-0.39, 0.29) is 0 Å². The van der Waals surface area contributed by atoms with Crippen molar-refractivity contribution < 1.29 is 0 Å². The Hall–Kier alpha value is -2.14. The molecule has 4 rings (SSSR count). The number of aryl methyl sites for hydroxylation is 1. The molecule has 2 aliphatic rings. The third kappa shape index (κ3) is 3.47. The van der Waals surface area contributed by atoms with Gasteiger partial charge < -0.3 is 15.5 Å². The third-order valence-electron chi connectivity index (χ3n) is 5.43. The van der Waals surface area contributed by atoms with Crippen LogP contribution < -0.4 is 15.5 Å². The minimum atomic E-state index is 0.455. The number of benzene rings is 1. The van der Waals surface area contributed by atoms with Crippen LogP contribution in [0.15, 0.2) is 24.3 Å². The Labute approximate surface area is 149 Å². The molecule has 0 saturated carbocycles. The predicted octanol–water partition coefficient (Wildman–Crippen LogP) is 2.82. The zero-order valence-electron chi connectivity index (χ0n) is 15.2. The van der Waals surface area contributed by atoms with Gasteiger partial charge in [0.2, 0.25) is 5.95 Å². The Morgan fingerprint density at radius 1 is 1.16 bits per heavy atom. The van der Waals surface area contributed by atoms with Crippen molar-refractivity contribution in [2.24, 2.45) is 0 Å². The van der Waals surface area contributed by atoms with E-state index in [9.17, 15) is 0 Å². The predicted molar refractivity (Wildman–Crippen MR) is 102 cm³/mol. The Morgan fingerprint density at radius 3 is 2.80 bits per heavy atom. The molecule has 1 fully saturated rings. The molecular formula is C20H27N5. The minimum absolute atomic E-state index is 0.455. The van der Waals surface area contributed by atoms with Gasteiger partial charge in [0.1, 0.15) is 5.82 Å². The number of hydrogen-bond acceptors (Lipinski definition) is 5. The molecule has 3 heterocycles. The van der Waals surface area contributed by atoms with Crippen molar-refractivity contribution in [3.05, 3.63) is 46.6 Å². The molecule has 0 aliphatic carbocycles. The van der Waals surface area contributed by atoms with Crippen molar-refractivity contribution in [2.45, 2.75) is 45.7 Å². The Morgan fingerprint density at radius 2 is 2.00 bits per heavy atom. The Kier molecular flexibility index (Phi) is 4.57. The smallest absolute Gasteiger partial charge is 0.227 e. The quantitative estimate of drug-likeness (QED) is 0.902. The van der Waals surface area contributed by atoms with E-state index in [2.05, 4.69) is 53.6 Å². The summed E-state index contributed by atoms with van der Waals surface area (Å²) in [5.74, 6) is 1.85. The molecule has 25 heavy (non-hydrogen) atoms. The van der Waals surface area contributed by atoms with E-state index in [0.717, 1.165) is 55.6 Å². The minimum Gasteiger partial charge on any atom is -0.366 e. The van der Waals surface area contributed by atoms with Gasteiger partial charge in [-0.05, 0) is 50.8 Å². The van der Waals surface area contributed by atoms with E-state index in [0.29, 0.717) is 6.04 Å². The van der Waals surface area contributed by atoms with Crippen LogP contribution in [0, 0.1) is 13.8 Å². The summed E-state index contributed by atoms with van der Waals surface area (Å²) in [6.45, 7) is 8.20. The maximum absolute atomic E-state index is 4.90. The summed E-state index contributed by atoms with van der Waals surface area (Å²) >= 11 is 0. The highest BCUT2D eigenvalue weighted by Crippen LogP contribution is 2.25. The lowest BCUT2D eigenvalue weighted by atomic mass is 10.0. The zero-order valence-corrected chi connectivity index (χ0v) is 15.2.